The van der Waals surface area contributed by atoms with Gasteiger partial charge in [-0.25, -0.2) is 0 Å². The van der Waals surface area contributed by atoms with Crippen molar-refractivity contribution in [3.8, 4) is 5.75 Å². The fraction of sp³-hybridized carbons (Fsp3) is 0.625. The topological polar surface area (TPSA) is 32.3 Å². The van der Waals surface area contributed by atoms with Crippen LogP contribution < -0.4 is 5.32 Å². The number of aromatic hydroxyl groups is 1. The first-order chi connectivity index (χ1) is 8.54. The van der Waals surface area contributed by atoms with Gasteiger partial charge >= 0.3 is 0 Å². The van der Waals surface area contributed by atoms with Crippen LogP contribution in [-0.4, -0.2) is 11.1 Å². The van der Waals surface area contributed by atoms with Crippen molar-refractivity contribution in [3.05, 3.63) is 29.8 Å². The Morgan fingerprint density at radius 1 is 1.06 bits per heavy atom. The van der Waals surface area contributed by atoms with Crippen molar-refractivity contribution >= 4 is 0 Å². The van der Waals surface area contributed by atoms with Crippen LogP contribution in [0.4, 0.5) is 0 Å². The summed E-state index contributed by atoms with van der Waals surface area (Å²) in [4.78, 5) is 0. The minimum Gasteiger partial charge on any atom is -0.508 e. The van der Waals surface area contributed by atoms with Crippen LogP contribution in [0.2, 0.25) is 0 Å². The first-order valence-corrected chi connectivity index (χ1v) is 7.09. The van der Waals surface area contributed by atoms with Gasteiger partial charge in [-0.05, 0) is 55.7 Å². The molecule has 1 aliphatic carbocycles. The Morgan fingerprint density at radius 2 is 1.61 bits per heavy atom. The van der Waals surface area contributed by atoms with Crippen LogP contribution in [-0.2, 0) is 0 Å². The van der Waals surface area contributed by atoms with Crippen molar-refractivity contribution in [2.24, 2.45) is 11.8 Å². The van der Waals surface area contributed by atoms with E-state index >= 15 is 0 Å². The van der Waals surface area contributed by atoms with E-state index in [1.165, 1.54) is 24.8 Å². The minimum absolute atomic E-state index is 0.339. The molecule has 2 N–H and O–H groups in total. The molecule has 1 aromatic rings. The average Bonchev–Trinajstić information content (AvgIpc) is 2.28. The van der Waals surface area contributed by atoms with Crippen molar-refractivity contribution in [1.82, 2.24) is 5.32 Å². The number of nitrogens with one attached hydrogen (secondary N) is 1. The second kappa shape index (κ2) is 5.75. The molecule has 0 heterocycles. The third-order valence-corrected chi connectivity index (χ3v) is 4.06. The normalized spacial score (nSPS) is 30.1. The Hall–Kier alpha value is -1.02. The van der Waals surface area contributed by atoms with Crippen molar-refractivity contribution in [3.63, 3.8) is 0 Å². The van der Waals surface area contributed by atoms with Gasteiger partial charge in [0.2, 0.25) is 0 Å². The Bertz CT molecular complexity index is 363. The van der Waals surface area contributed by atoms with Gasteiger partial charge in [-0.3, -0.25) is 0 Å². The number of phenolic OH excluding ortho intramolecular Hbond substituents is 1. The highest BCUT2D eigenvalue weighted by atomic mass is 16.3. The predicted octanol–water partition coefficient (Wildman–Crippen LogP) is 3.87. The van der Waals surface area contributed by atoms with E-state index in [1.807, 2.05) is 12.1 Å². The summed E-state index contributed by atoms with van der Waals surface area (Å²) in [7, 11) is 0. The van der Waals surface area contributed by atoms with Crippen molar-refractivity contribution in [2.75, 3.05) is 0 Å². The van der Waals surface area contributed by atoms with Crippen molar-refractivity contribution in [2.45, 2.75) is 52.1 Å². The molecule has 3 atom stereocenters. The summed E-state index contributed by atoms with van der Waals surface area (Å²) in [6, 6.07) is 8.52. The van der Waals surface area contributed by atoms with E-state index in [0.717, 1.165) is 11.8 Å². The zero-order chi connectivity index (χ0) is 13.1. The largest absolute Gasteiger partial charge is 0.508 e. The van der Waals surface area contributed by atoms with E-state index in [-0.39, 0.29) is 0 Å². The summed E-state index contributed by atoms with van der Waals surface area (Å²) in [5.74, 6) is 2.00. The summed E-state index contributed by atoms with van der Waals surface area (Å²) in [5, 5.41) is 13.0. The number of hydrogen-bond acceptors (Lipinski definition) is 2. The lowest BCUT2D eigenvalue weighted by molar-refractivity contribution is 0.228. The Kier molecular flexibility index (Phi) is 4.28. The highest BCUT2D eigenvalue weighted by Gasteiger charge is 2.24. The maximum absolute atomic E-state index is 9.31. The number of rotatable bonds is 3. The molecule has 1 aromatic carbocycles. The molecule has 1 fully saturated rings. The first-order valence-electron chi connectivity index (χ1n) is 7.09. The minimum atomic E-state index is 0.339. The van der Waals surface area contributed by atoms with E-state index in [4.69, 9.17) is 0 Å². The number of phenols is 1. The molecule has 0 saturated heterocycles. The van der Waals surface area contributed by atoms with Crippen LogP contribution >= 0.6 is 0 Å². The molecular weight excluding hydrogens is 222 g/mol. The van der Waals surface area contributed by atoms with Gasteiger partial charge in [0.15, 0.2) is 0 Å². The first kappa shape index (κ1) is 13.4. The number of hydrogen-bond donors (Lipinski definition) is 2. The molecule has 100 valence electrons. The van der Waals surface area contributed by atoms with Crippen molar-refractivity contribution < 1.29 is 5.11 Å². The summed E-state index contributed by atoms with van der Waals surface area (Å²) < 4.78 is 0. The molecule has 2 heteroatoms. The standard InChI is InChI=1S/C16H25NO/c1-11-8-12(2)10-15(9-11)17-13(3)14-4-6-16(18)7-5-14/h4-7,11-13,15,17-18H,8-10H2,1-3H3. The van der Waals surface area contributed by atoms with Crippen LogP contribution in [0, 0.1) is 11.8 Å². The lowest BCUT2D eigenvalue weighted by atomic mass is 9.80. The molecule has 3 unspecified atom stereocenters. The van der Waals surface area contributed by atoms with Gasteiger partial charge in [0.1, 0.15) is 5.75 Å². The lowest BCUT2D eigenvalue weighted by Crippen LogP contribution is -2.37. The summed E-state index contributed by atoms with van der Waals surface area (Å²) in [6.45, 7) is 6.92. The maximum Gasteiger partial charge on any atom is 0.115 e. The highest BCUT2D eigenvalue weighted by molar-refractivity contribution is 5.27. The molecule has 2 rings (SSSR count). The van der Waals surface area contributed by atoms with Crippen LogP contribution in [0.25, 0.3) is 0 Å². The molecule has 0 amide bonds. The Balaban J connectivity index is 1.94. The van der Waals surface area contributed by atoms with Gasteiger partial charge in [-0.2, -0.15) is 0 Å². The van der Waals surface area contributed by atoms with Gasteiger partial charge in [0.25, 0.3) is 0 Å². The van der Waals surface area contributed by atoms with Crippen LogP contribution in [0.3, 0.4) is 0 Å². The molecule has 0 bridgehead atoms. The van der Waals surface area contributed by atoms with E-state index in [0.29, 0.717) is 17.8 Å². The third kappa shape index (κ3) is 3.49. The van der Waals surface area contributed by atoms with Gasteiger partial charge in [0.05, 0.1) is 0 Å². The average molecular weight is 247 g/mol. The van der Waals surface area contributed by atoms with Gasteiger partial charge in [0, 0.05) is 12.1 Å². The highest BCUT2D eigenvalue weighted by Crippen LogP contribution is 2.30. The molecule has 1 saturated carbocycles. The van der Waals surface area contributed by atoms with Crippen molar-refractivity contribution in [1.29, 1.82) is 0 Å². The fourth-order valence-electron chi connectivity index (χ4n) is 3.30. The van der Waals surface area contributed by atoms with Gasteiger partial charge in [-0.1, -0.05) is 26.0 Å². The molecule has 2 nitrogen and oxygen atoms in total. The quantitative estimate of drug-likeness (QED) is 0.850. The zero-order valence-corrected chi connectivity index (χ0v) is 11.7. The molecule has 0 aliphatic heterocycles. The lowest BCUT2D eigenvalue weighted by Gasteiger charge is -2.34. The SMILES string of the molecule is CC1CC(C)CC(NC(C)c2ccc(O)cc2)C1. The predicted molar refractivity (Wildman–Crippen MR) is 75.6 cm³/mol. The third-order valence-electron chi connectivity index (χ3n) is 4.06. The molecule has 1 aliphatic rings. The molecule has 18 heavy (non-hydrogen) atoms. The van der Waals surface area contributed by atoms with Gasteiger partial charge < -0.3 is 10.4 Å². The molecule has 0 radical (unpaired) electrons. The number of benzene rings is 1. The maximum atomic E-state index is 9.31. The monoisotopic (exact) mass is 247 g/mol. The Morgan fingerprint density at radius 3 is 2.17 bits per heavy atom. The fourth-order valence-corrected chi connectivity index (χ4v) is 3.30. The van der Waals surface area contributed by atoms with E-state index < -0.39 is 0 Å². The van der Waals surface area contributed by atoms with E-state index in [9.17, 15) is 5.11 Å². The van der Waals surface area contributed by atoms with Crippen LogP contribution in [0.1, 0.15) is 51.6 Å². The summed E-state index contributed by atoms with van der Waals surface area (Å²) in [5.41, 5.74) is 1.25. The second-order valence-corrected chi connectivity index (χ2v) is 6.09. The van der Waals surface area contributed by atoms with E-state index in [1.54, 1.807) is 12.1 Å². The molecule has 0 aromatic heterocycles. The zero-order valence-electron chi connectivity index (χ0n) is 11.7. The van der Waals surface area contributed by atoms with Crippen LogP contribution in [0.15, 0.2) is 24.3 Å². The van der Waals surface area contributed by atoms with Crippen LogP contribution in [0.5, 0.6) is 5.75 Å². The van der Waals surface area contributed by atoms with Gasteiger partial charge in [-0.15, -0.1) is 0 Å². The second-order valence-electron chi connectivity index (χ2n) is 6.09. The summed E-state index contributed by atoms with van der Waals surface area (Å²) >= 11 is 0. The smallest absolute Gasteiger partial charge is 0.115 e. The molecule has 0 spiro atoms. The molecular formula is C16H25NO. The summed E-state index contributed by atoms with van der Waals surface area (Å²) in [6.07, 6.45) is 3.94. The Labute approximate surface area is 110 Å². The van der Waals surface area contributed by atoms with E-state index in [2.05, 4.69) is 26.1 Å².